The van der Waals surface area contributed by atoms with Crippen molar-refractivity contribution in [2.24, 2.45) is 0 Å². The summed E-state index contributed by atoms with van der Waals surface area (Å²) in [6.45, 7) is 5.21. The van der Waals surface area contributed by atoms with Crippen molar-refractivity contribution in [2.45, 2.75) is 27.2 Å². The number of allylic oxidation sites excluding steroid dienone is 1. The number of nitrogens with zero attached hydrogens (tertiary/aromatic N) is 1. The number of rotatable bonds is 8. The Morgan fingerprint density at radius 3 is 2.38 bits per heavy atom. The molecule has 0 bridgehead atoms. The number of Topliss-reactive ketones (excluding diaryl/α,β-unsaturated/α-hetero) is 1. The molecule has 0 radical (unpaired) electrons. The number of benzene rings is 1. The van der Waals surface area contributed by atoms with E-state index < -0.39 is 17.7 Å². The second-order valence-corrected chi connectivity index (χ2v) is 9.90. The van der Waals surface area contributed by atoms with Crippen LogP contribution < -0.4 is 0 Å². The van der Waals surface area contributed by atoms with Crippen molar-refractivity contribution >= 4 is 80.3 Å². The zero-order valence-corrected chi connectivity index (χ0v) is 22.6. The molecular weight excluding hydrogens is 660 g/mol. The van der Waals surface area contributed by atoms with Crippen LogP contribution in [0.5, 0.6) is 5.75 Å². The topological polar surface area (TPSA) is 114 Å². The average molecular weight is 679 g/mol. The predicted molar refractivity (Wildman–Crippen MR) is 137 cm³/mol. The molecule has 0 atom stereocenters. The normalized spacial score (nSPS) is 11.1. The number of phenolic OH excluding ortho intramolecular Hbond substituents is 1. The lowest BCUT2D eigenvalue weighted by Crippen LogP contribution is -2.12. The Hall–Kier alpha value is -1.98. The van der Waals surface area contributed by atoms with Crippen molar-refractivity contribution in [3.8, 4) is 11.8 Å². The standard InChI is InChI=1S/C22H19I2NO6S/c1-4-30-21(28)18-11(3)20(22(29)31-5-2)32-17(18)9-16(26)13(10-25)6-12-7-14(23)8-15(24)19(12)27/h6-8,27H,4-5,9H2,1-3H3/b13-6+. The lowest BCUT2D eigenvalue weighted by Gasteiger charge is -2.06. The highest BCUT2D eigenvalue weighted by atomic mass is 127. The molecular formula is C22H19I2NO6S. The van der Waals surface area contributed by atoms with Crippen LogP contribution >= 0.6 is 56.5 Å². The summed E-state index contributed by atoms with van der Waals surface area (Å²) in [6.07, 6.45) is 1.04. The summed E-state index contributed by atoms with van der Waals surface area (Å²) >= 11 is 5.01. The number of nitriles is 1. The van der Waals surface area contributed by atoms with Gasteiger partial charge in [-0.25, -0.2) is 9.59 Å². The van der Waals surface area contributed by atoms with Gasteiger partial charge in [0.1, 0.15) is 16.7 Å². The molecule has 1 aromatic carbocycles. The third kappa shape index (κ3) is 6.08. The quantitative estimate of drug-likeness (QED) is 0.180. The molecule has 0 spiro atoms. The minimum Gasteiger partial charge on any atom is -0.506 e. The van der Waals surface area contributed by atoms with E-state index in [9.17, 15) is 24.8 Å². The van der Waals surface area contributed by atoms with Crippen LogP contribution in [0.3, 0.4) is 0 Å². The Balaban J connectivity index is 2.49. The molecule has 1 N–H and O–H groups in total. The number of ether oxygens (including phenoxy) is 2. The first kappa shape index (κ1) is 26.3. The molecule has 1 aromatic heterocycles. The van der Waals surface area contributed by atoms with Crippen molar-refractivity contribution in [2.75, 3.05) is 13.2 Å². The molecule has 0 aliphatic heterocycles. The van der Waals surface area contributed by atoms with Gasteiger partial charge >= 0.3 is 11.9 Å². The van der Waals surface area contributed by atoms with Crippen molar-refractivity contribution in [1.29, 1.82) is 5.26 Å². The van der Waals surface area contributed by atoms with E-state index in [2.05, 4.69) is 22.6 Å². The highest BCUT2D eigenvalue weighted by Gasteiger charge is 2.28. The van der Waals surface area contributed by atoms with Gasteiger partial charge in [-0.05, 0) is 89.7 Å². The molecule has 0 amide bonds. The van der Waals surface area contributed by atoms with Crippen LogP contribution in [0.4, 0.5) is 0 Å². The number of thiophene rings is 1. The van der Waals surface area contributed by atoms with Gasteiger partial charge in [-0.15, -0.1) is 11.3 Å². The lowest BCUT2D eigenvalue weighted by molar-refractivity contribution is -0.114. The van der Waals surface area contributed by atoms with Gasteiger partial charge < -0.3 is 14.6 Å². The number of hydrogen-bond donors (Lipinski definition) is 1. The molecule has 168 valence electrons. The van der Waals surface area contributed by atoms with E-state index >= 15 is 0 Å². The number of phenols is 1. The minimum atomic E-state index is -0.646. The van der Waals surface area contributed by atoms with E-state index in [4.69, 9.17) is 9.47 Å². The molecule has 7 nitrogen and oxygen atoms in total. The van der Waals surface area contributed by atoms with Crippen molar-refractivity contribution < 1.29 is 29.0 Å². The van der Waals surface area contributed by atoms with Crippen LogP contribution in [-0.4, -0.2) is 36.0 Å². The number of ketones is 1. The Labute approximate surface area is 216 Å². The van der Waals surface area contributed by atoms with Crippen LogP contribution in [-0.2, 0) is 20.7 Å². The molecule has 32 heavy (non-hydrogen) atoms. The van der Waals surface area contributed by atoms with E-state index in [1.165, 1.54) is 6.08 Å². The summed E-state index contributed by atoms with van der Waals surface area (Å²) in [6, 6.07) is 5.28. The maximum absolute atomic E-state index is 12.9. The van der Waals surface area contributed by atoms with Gasteiger partial charge in [0.15, 0.2) is 5.78 Å². The smallest absolute Gasteiger partial charge is 0.348 e. The Bertz CT molecular complexity index is 1150. The molecule has 0 unspecified atom stereocenters. The highest BCUT2D eigenvalue weighted by Crippen LogP contribution is 2.32. The van der Waals surface area contributed by atoms with E-state index in [1.54, 1.807) is 32.9 Å². The summed E-state index contributed by atoms with van der Waals surface area (Å²) in [7, 11) is 0. The Morgan fingerprint density at radius 2 is 1.78 bits per heavy atom. The number of hydrogen-bond acceptors (Lipinski definition) is 8. The second-order valence-electron chi connectivity index (χ2n) is 6.39. The zero-order valence-electron chi connectivity index (χ0n) is 17.5. The van der Waals surface area contributed by atoms with Crippen LogP contribution in [0.25, 0.3) is 6.08 Å². The molecule has 2 aromatic rings. The zero-order chi connectivity index (χ0) is 24.0. The molecule has 0 aliphatic rings. The number of carbonyl (C=O) groups excluding carboxylic acids is 3. The van der Waals surface area contributed by atoms with Gasteiger partial charge in [0.25, 0.3) is 0 Å². The summed E-state index contributed by atoms with van der Waals surface area (Å²) in [5, 5.41) is 19.8. The SMILES string of the molecule is CCOC(=O)c1sc(CC(=O)/C(C#N)=C/c2cc(I)cc(I)c2O)c(C(=O)OCC)c1C. The Morgan fingerprint density at radius 1 is 1.16 bits per heavy atom. The van der Waals surface area contributed by atoms with E-state index in [1.807, 2.05) is 28.7 Å². The third-order valence-electron chi connectivity index (χ3n) is 4.26. The first-order chi connectivity index (χ1) is 15.1. The predicted octanol–water partition coefficient (Wildman–Crippen LogP) is 5.04. The van der Waals surface area contributed by atoms with Gasteiger partial charge in [-0.2, -0.15) is 5.26 Å². The summed E-state index contributed by atoms with van der Waals surface area (Å²) in [4.78, 5) is 38.3. The summed E-state index contributed by atoms with van der Waals surface area (Å²) < 4.78 is 11.6. The average Bonchev–Trinajstić information content (AvgIpc) is 3.05. The maximum Gasteiger partial charge on any atom is 0.348 e. The van der Waals surface area contributed by atoms with E-state index in [0.29, 0.717) is 19.6 Å². The molecule has 0 saturated carbocycles. The van der Waals surface area contributed by atoms with Gasteiger partial charge in [-0.3, -0.25) is 4.79 Å². The number of halogens is 2. The number of carbonyl (C=O) groups is 3. The molecule has 1 heterocycles. The fourth-order valence-corrected chi connectivity index (χ4v) is 5.90. The van der Waals surface area contributed by atoms with Gasteiger partial charge in [0, 0.05) is 20.4 Å². The van der Waals surface area contributed by atoms with Gasteiger partial charge in [0.2, 0.25) is 0 Å². The summed E-state index contributed by atoms with van der Waals surface area (Å²) in [5.41, 5.74) is 0.669. The monoisotopic (exact) mass is 679 g/mol. The van der Waals surface area contributed by atoms with Crippen LogP contribution in [0.1, 0.15) is 49.9 Å². The highest BCUT2D eigenvalue weighted by molar-refractivity contribution is 14.1. The van der Waals surface area contributed by atoms with E-state index in [-0.39, 0.29) is 41.4 Å². The third-order valence-corrected chi connectivity index (χ3v) is 6.98. The minimum absolute atomic E-state index is 0.0321. The lowest BCUT2D eigenvalue weighted by atomic mass is 10.0. The maximum atomic E-state index is 12.9. The molecule has 2 rings (SSSR count). The van der Waals surface area contributed by atoms with Crippen LogP contribution in [0.2, 0.25) is 0 Å². The molecule has 0 aliphatic carbocycles. The van der Waals surface area contributed by atoms with Crippen molar-refractivity contribution in [3.05, 3.63) is 51.3 Å². The second kappa shape index (κ2) is 11.8. The largest absolute Gasteiger partial charge is 0.506 e. The van der Waals surface area contributed by atoms with Crippen molar-refractivity contribution in [3.63, 3.8) is 0 Å². The number of esters is 2. The first-order valence-corrected chi connectivity index (χ1v) is 12.4. The van der Waals surface area contributed by atoms with Gasteiger partial charge in [-0.1, -0.05) is 0 Å². The molecule has 10 heteroatoms. The van der Waals surface area contributed by atoms with Gasteiger partial charge in [0.05, 0.1) is 27.9 Å². The van der Waals surface area contributed by atoms with E-state index in [0.717, 1.165) is 14.9 Å². The number of aromatic hydroxyl groups is 1. The fraction of sp³-hybridized carbons (Fsp3) is 0.273. The Kier molecular flexibility index (Phi) is 9.65. The van der Waals surface area contributed by atoms with Crippen LogP contribution in [0, 0.1) is 25.4 Å². The van der Waals surface area contributed by atoms with Crippen molar-refractivity contribution in [1.82, 2.24) is 0 Å². The van der Waals surface area contributed by atoms with Crippen LogP contribution in [0.15, 0.2) is 17.7 Å². The molecule has 0 fully saturated rings. The fourth-order valence-electron chi connectivity index (χ4n) is 2.83. The first-order valence-electron chi connectivity index (χ1n) is 9.43. The summed E-state index contributed by atoms with van der Waals surface area (Å²) in [5.74, 6) is -1.82. The molecule has 0 saturated heterocycles.